The van der Waals surface area contributed by atoms with Crippen molar-refractivity contribution < 1.29 is 8.78 Å². The summed E-state index contributed by atoms with van der Waals surface area (Å²) in [4.78, 5) is 0. The van der Waals surface area contributed by atoms with E-state index in [4.69, 9.17) is 0 Å². The van der Waals surface area contributed by atoms with Crippen LogP contribution in [0.3, 0.4) is 0 Å². The molecule has 2 rings (SSSR count). The number of halogens is 2. The SMILES string of the molecule is C[C@H]1CCC(C(C)(C)F)C(F)C2=C1CC[C@@H]2C. The molecular formula is C15H24F2. The van der Waals surface area contributed by atoms with Crippen molar-refractivity contribution in [2.24, 2.45) is 17.8 Å². The van der Waals surface area contributed by atoms with Gasteiger partial charge in [-0.2, -0.15) is 0 Å². The second-order valence-electron chi connectivity index (χ2n) is 6.47. The van der Waals surface area contributed by atoms with Crippen LogP contribution in [-0.4, -0.2) is 11.8 Å². The molecule has 0 aromatic heterocycles. The van der Waals surface area contributed by atoms with Gasteiger partial charge in [-0.1, -0.05) is 19.4 Å². The molecule has 0 saturated carbocycles. The van der Waals surface area contributed by atoms with Crippen LogP contribution in [0.25, 0.3) is 0 Å². The van der Waals surface area contributed by atoms with Crippen LogP contribution >= 0.6 is 0 Å². The number of hydrogen-bond donors (Lipinski definition) is 0. The Bertz CT molecular complexity index is 324. The lowest BCUT2D eigenvalue weighted by molar-refractivity contribution is 0.0622. The standard InChI is InChI=1S/C15H24F2/c1-9-6-8-12(15(3,4)17)14(16)13-10(2)5-7-11(9)13/h9-10,12,14H,5-8H2,1-4H3/t9-,10-,12?,14?/m0/s1. The predicted molar refractivity (Wildman–Crippen MR) is 67.4 cm³/mol. The Balaban J connectivity index is 2.35. The zero-order chi connectivity index (χ0) is 12.8. The van der Waals surface area contributed by atoms with E-state index < -0.39 is 17.8 Å². The van der Waals surface area contributed by atoms with Crippen molar-refractivity contribution in [3.8, 4) is 0 Å². The van der Waals surface area contributed by atoms with Crippen molar-refractivity contribution in [1.82, 2.24) is 0 Å². The van der Waals surface area contributed by atoms with E-state index in [-0.39, 0.29) is 0 Å². The molecule has 98 valence electrons. The van der Waals surface area contributed by atoms with Gasteiger partial charge >= 0.3 is 0 Å². The van der Waals surface area contributed by atoms with E-state index >= 15 is 0 Å². The summed E-state index contributed by atoms with van der Waals surface area (Å²) in [6.07, 6.45) is 2.62. The van der Waals surface area contributed by atoms with Crippen molar-refractivity contribution in [3.05, 3.63) is 11.1 Å². The maximum Gasteiger partial charge on any atom is 0.128 e. The van der Waals surface area contributed by atoms with E-state index in [9.17, 15) is 8.78 Å². The van der Waals surface area contributed by atoms with E-state index in [1.54, 1.807) is 0 Å². The molecule has 0 N–H and O–H groups in total. The van der Waals surface area contributed by atoms with Crippen LogP contribution < -0.4 is 0 Å². The summed E-state index contributed by atoms with van der Waals surface area (Å²) in [6.45, 7) is 7.32. The fourth-order valence-electron chi connectivity index (χ4n) is 3.63. The Hall–Kier alpha value is -0.400. The summed E-state index contributed by atoms with van der Waals surface area (Å²) in [5.41, 5.74) is 0.839. The molecule has 2 aliphatic carbocycles. The first-order valence-corrected chi connectivity index (χ1v) is 6.88. The highest BCUT2D eigenvalue weighted by molar-refractivity contribution is 5.30. The van der Waals surface area contributed by atoms with Gasteiger partial charge in [0.25, 0.3) is 0 Å². The number of alkyl halides is 2. The molecule has 0 saturated heterocycles. The Labute approximate surface area is 103 Å². The Kier molecular flexibility index (Phi) is 3.35. The van der Waals surface area contributed by atoms with Crippen LogP contribution in [0.2, 0.25) is 0 Å². The molecule has 0 aliphatic heterocycles. The molecule has 0 amide bonds. The minimum atomic E-state index is -1.41. The minimum absolute atomic E-state index is 0.311. The van der Waals surface area contributed by atoms with Gasteiger partial charge in [-0.05, 0) is 56.9 Å². The Morgan fingerprint density at radius 2 is 1.71 bits per heavy atom. The molecule has 0 aromatic carbocycles. The smallest absolute Gasteiger partial charge is 0.128 e. The predicted octanol–water partition coefficient (Wildman–Crippen LogP) is 4.85. The maximum absolute atomic E-state index is 14.7. The summed E-state index contributed by atoms with van der Waals surface area (Å²) < 4.78 is 28.8. The van der Waals surface area contributed by atoms with E-state index in [1.807, 2.05) is 0 Å². The van der Waals surface area contributed by atoms with Gasteiger partial charge in [-0.15, -0.1) is 0 Å². The van der Waals surface area contributed by atoms with Crippen molar-refractivity contribution in [2.45, 2.75) is 65.2 Å². The van der Waals surface area contributed by atoms with Gasteiger partial charge in [0.1, 0.15) is 11.8 Å². The third-order valence-electron chi connectivity index (χ3n) is 4.79. The van der Waals surface area contributed by atoms with Crippen LogP contribution in [0, 0.1) is 17.8 Å². The van der Waals surface area contributed by atoms with Crippen LogP contribution in [0.15, 0.2) is 11.1 Å². The van der Waals surface area contributed by atoms with Gasteiger partial charge < -0.3 is 0 Å². The molecule has 17 heavy (non-hydrogen) atoms. The number of hydrogen-bond acceptors (Lipinski definition) is 0. The average Bonchev–Trinajstić information content (AvgIpc) is 2.51. The zero-order valence-corrected chi connectivity index (χ0v) is 11.4. The van der Waals surface area contributed by atoms with Gasteiger partial charge in [0.15, 0.2) is 0 Å². The van der Waals surface area contributed by atoms with E-state index in [0.717, 1.165) is 24.8 Å². The summed E-state index contributed by atoms with van der Waals surface area (Å²) in [6, 6.07) is 0. The minimum Gasteiger partial charge on any atom is -0.244 e. The van der Waals surface area contributed by atoms with E-state index in [0.29, 0.717) is 18.3 Å². The fraction of sp³-hybridized carbons (Fsp3) is 0.867. The lowest BCUT2D eigenvalue weighted by atomic mass is 9.81. The average molecular weight is 242 g/mol. The third-order valence-corrected chi connectivity index (χ3v) is 4.79. The van der Waals surface area contributed by atoms with E-state index in [1.165, 1.54) is 19.4 Å². The second kappa shape index (κ2) is 4.37. The molecule has 4 atom stereocenters. The molecule has 0 heterocycles. The molecule has 0 bridgehead atoms. The summed E-state index contributed by atoms with van der Waals surface area (Å²) in [5.74, 6) is 0.295. The van der Waals surface area contributed by atoms with Crippen molar-refractivity contribution >= 4 is 0 Å². The van der Waals surface area contributed by atoms with Crippen LogP contribution in [0.5, 0.6) is 0 Å². The molecule has 2 heteroatoms. The molecule has 0 aromatic rings. The molecule has 2 unspecified atom stereocenters. The van der Waals surface area contributed by atoms with Crippen molar-refractivity contribution in [3.63, 3.8) is 0 Å². The Morgan fingerprint density at radius 3 is 2.29 bits per heavy atom. The normalized spacial score (nSPS) is 39.2. The quantitative estimate of drug-likeness (QED) is 0.577. The second-order valence-corrected chi connectivity index (χ2v) is 6.47. The number of allylic oxidation sites excluding steroid dienone is 2. The topological polar surface area (TPSA) is 0 Å². The van der Waals surface area contributed by atoms with Gasteiger partial charge in [0, 0.05) is 5.92 Å². The van der Waals surface area contributed by atoms with Gasteiger partial charge in [-0.25, -0.2) is 8.78 Å². The molecule has 0 spiro atoms. The first kappa shape index (κ1) is 13.0. The van der Waals surface area contributed by atoms with Crippen LogP contribution in [0.4, 0.5) is 8.78 Å². The molecule has 0 nitrogen and oxygen atoms in total. The summed E-state index contributed by atoms with van der Waals surface area (Å²) >= 11 is 0. The highest BCUT2D eigenvalue weighted by Crippen LogP contribution is 2.48. The molecule has 2 aliphatic rings. The summed E-state index contributed by atoms with van der Waals surface area (Å²) in [5, 5.41) is 0. The number of rotatable bonds is 1. The fourth-order valence-corrected chi connectivity index (χ4v) is 3.63. The lowest BCUT2D eigenvalue weighted by Gasteiger charge is -2.31. The first-order valence-electron chi connectivity index (χ1n) is 6.88. The first-order chi connectivity index (χ1) is 7.82. The van der Waals surface area contributed by atoms with Gasteiger partial charge in [-0.3, -0.25) is 0 Å². The summed E-state index contributed by atoms with van der Waals surface area (Å²) in [7, 11) is 0. The molecule has 0 radical (unpaired) electrons. The van der Waals surface area contributed by atoms with Gasteiger partial charge in [0.05, 0.1) is 0 Å². The maximum atomic E-state index is 14.7. The van der Waals surface area contributed by atoms with Crippen molar-refractivity contribution in [2.75, 3.05) is 0 Å². The van der Waals surface area contributed by atoms with Gasteiger partial charge in [0.2, 0.25) is 0 Å². The Morgan fingerprint density at radius 1 is 1.06 bits per heavy atom. The van der Waals surface area contributed by atoms with Crippen LogP contribution in [0.1, 0.15) is 53.4 Å². The monoisotopic (exact) mass is 242 g/mol. The molecular weight excluding hydrogens is 218 g/mol. The van der Waals surface area contributed by atoms with Crippen LogP contribution in [-0.2, 0) is 0 Å². The van der Waals surface area contributed by atoms with Crippen molar-refractivity contribution in [1.29, 1.82) is 0 Å². The highest BCUT2D eigenvalue weighted by atomic mass is 19.2. The zero-order valence-electron chi connectivity index (χ0n) is 11.4. The highest BCUT2D eigenvalue weighted by Gasteiger charge is 2.43. The van der Waals surface area contributed by atoms with E-state index in [2.05, 4.69) is 13.8 Å². The third kappa shape index (κ3) is 2.28. The largest absolute Gasteiger partial charge is 0.244 e. The molecule has 0 fully saturated rings. The lowest BCUT2D eigenvalue weighted by Crippen LogP contribution is -2.35.